The average molecular weight is 363 g/mol. The second-order valence-electron chi connectivity index (χ2n) is 7.06. The Hall–Kier alpha value is -2.57. The fourth-order valence-corrected chi connectivity index (χ4v) is 2.46. The van der Waals surface area contributed by atoms with E-state index in [0.29, 0.717) is 13.0 Å². The van der Waals surface area contributed by atoms with Crippen molar-refractivity contribution in [3.05, 3.63) is 35.9 Å². The van der Waals surface area contributed by atoms with Gasteiger partial charge in [-0.2, -0.15) is 0 Å². The first-order valence-electron chi connectivity index (χ1n) is 8.82. The molecule has 0 bridgehead atoms. The molecule has 0 aliphatic rings. The van der Waals surface area contributed by atoms with Gasteiger partial charge in [0.25, 0.3) is 0 Å². The minimum atomic E-state index is -1.08. The number of carboxylic acid groups (broad SMARTS) is 1. The average Bonchev–Trinajstić information content (AvgIpc) is 2.57. The second kappa shape index (κ2) is 10.4. The molecule has 0 aliphatic heterocycles. The van der Waals surface area contributed by atoms with Crippen molar-refractivity contribution in [2.45, 2.75) is 52.7 Å². The summed E-state index contributed by atoms with van der Waals surface area (Å²) >= 11 is 0. The van der Waals surface area contributed by atoms with Crippen molar-refractivity contribution < 1.29 is 19.5 Å². The zero-order valence-electron chi connectivity index (χ0n) is 15.8. The predicted molar refractivity (Wildman–Crippen MR) is 99.5 cm³/mol. The van der Waals surface area contributed by atoms with Crippen molar-refractivity contribution >= 4 is 17.9 Å². The highest BCUT2D eigenvalue weighted by molar-refractivity contribution is 5.90. The summed E-state index contributed by atoms with van der Waals surface area (Å²) in [6, 6.07) is 7.14. The first-order valence-corrected chi connectivity index (χ1v) is 8.82. The first-order chi connectivity index (χ1) is 12.2. The summed E-state index contributed by atoms with van der Waals surface area (Å²) in [6.45, 7) is 7.69. The third kappa shape index (κ3) is 7.55. The molecule has 0 aromatic heterocycles. The third-order valence-electron chi connectivity index (χ3n) is 3.85. The largest absolute Gasteiger partial charge is 0.480 e. The maximum atomic E-state index is 12.5. The maximum Gasteiger partial charge on any atom is 0.326 e. The van der Waals surface area contributed by atoms with E-state index in [-0.39, 0.29) is 11.8 Å². The minimum Gasteiger partial charge on any atom is -0.480 e. The molecular weight excluding hydrogens is 334 g/mol. The SMILES string of the molecule is CC(C)C[C@@H](NC(=O)C(NC(=O)NCc1ccccc1)C(C)C)C(=O)O. The van der Waals surface area contributed by atoms with Gasteiger partial charge in [0.15, 0.2) is 0 Å². The van der Waals surface area contributed by atoms with Gasteiger partial charge in [0.2, 0.25) is 5.91 Å². The minimum absolute atomic E-state index is 0.121. The summed E-state index contributed by atoms with van der Waals surface area (Å²) in [5.74, 6) is -1.65. The second-order valence-corrected chi connectivity index (χ2v) is 7.06. The number of benzene rings is 1. The van der Waals surface area contributed by atoms with Crippen molar-refractivity contribution in [2.24, 2.45) is 11.8 Å². The monoisotopic (exact) mass is 363 g/mol. The number of urea groups is 1. The Morgan fingerprint density at radius 2 is 1.62 bits per heavy atom. The van der Waals surface area contributed by atoms with Crippen LogP contribution in [0.3, 0.4) is 0 Å². The topological polar surface area (TPSA) is 108 Å². The molecule has 144 valence electrons. The number of rotatable bonds is 9. The number of hydrogen-bond donors (Lipinski definition) is 4. The van der Waals surface area contributed by atoms with E-state index in [2.05, 4.69) is 16.0 Å². The molecule has 1 rings (SSSR count). The van der Waals surface area contributed by atoms with E-state index in [1.54, 1.807) is 13.8 Å². The van der Waals surface area contributed by atoms with Crippen LogP contribution in [0.25, 0.3) is 0 Å². The summed E-state index contributed by atoms with van der Waals surface area (Å²) in [7, 11) is 0. The van der Waals surface area contributed by atoms with Crippen molar-refractivity contribution in [2.75, 3.05) is 0 Å². The fourth-order valence-electron chi connectivity index (χ4n) is 2.46. The van der Waals surface area contributed by atoms with Gasteiger partial charge >= 0.3 is 12.0 Å². The smallest absolute Gasteiger partial charge is 0.326 e. The standard InChI is InChI=1S/C19H29N3O4/c1-12(2)10-15(18(24)25)21-17(23)16(13(3)4)22-19(26)20-11-14-8-6-5-7-9-14/h5-9,12-13,15-16H,10-11H2,1-4H3,(H,21,23)(H,24,25)(H2,20,22,26)/t15-,16?/m1/s1. The molecule has 0 saturated carbocycles. The molecule has 26 heavy (non-hydrogen) atoms. The lowest BCUT2D eigenvalue weighted by molar-refractivity contribution is -0.142. The molecule has 1 unspecified atom stereocenters. The van der Waals surface area contributed by atoms with Crippen molar-refractivity contribution in [3.63, 3.8) is 0 Å². The van der Waals surface area contributed by atoms with Crippen LogP contribution in [0.4, 0.5) is 4.79 Å². The number of nitrogens with one attached hydrogen (secondary N) is 3. The molecule has 1 aromatic rings. The Bertz CT molecular complexity index is 602. The highest BCUT2D eigenvalue weighted by atomic mass is 16.4. The van der Waals surface area contributed by atoms with Crippen molar-refractivity contribution in [3.8, 4) is 0 Å². The van der Waals surface area contributed by atoms with E-state index in [4.69, 9.17) is 0 Å². The van der Waals surface area contributed by atoms with E-state index < -0.39 is 30.0 Å². The third-order valence-corrected chi connectivity index (χ3v) is 3.85. The Morgan fingerprint density at radius 1 is 1.00 bits per heavy atom. The van der Waals surface area contributed by atoms with Gasteiger partial charge in [0, 0.05) is 6.54 Å². The Labute approximate surface area is 154 Å². The Kier molecular flexibility index (Phi) is 8.61. The van der Waals surface area contributed by atoms with Crippen LogP contribution in [0.1, 0.15) is 39.7 Å². The summed E-state index contributed by atoms with van der Waals surface area (Å²) in [4.78, 5) is 35.9. The molecule has 2 atom stereocenters. The molecular formula is C19H29N3O4. The first kappa shape index (κ1) is 21.5. The maximum absolute atomic E-state index is 12.5. The molecule has 7 heteroatoms. The van der Waals surface area contributed by atoms with Gasteiger partial charge in [-0.15, -0.1) is 0 Å². The Morgan fingerprint density at radius 3 is 2.12 bits per heavy atom. The van der Waals surface area contributed by atoms with E-state index in [1.165, 1.54) is 0 Å². The highest BCUT2D eigenvalue weighted by Crippen LogP contribution is 2.08. The number of carbonyl (C=O) groups excluding carboxylic acids is 2. The van der Waals surface area contributed by atoms with Gasteiger partial charge < -0.3 is 21.1 Å². The van der Waals surface area contributed by atoms with Gasteiger partial charge in [-0.05, 0) is 23.8 Å². The lowest BCUT2D eigenvalue weighted by Gasteiger charge is -2.24. The van der Waals surface area contributed by atoms with Gasteiger partial charge in [0.05, 0.1) is 0 Å². The molecule has 0 heterocycles. The molecule has 0 radical (unpaired) electrons. The number of aliphatic carboxylic acids is 1. The molecule has 0 spiro atoms. The van der Waals surface area contributed by atoms with E-state index in [9.17, 15) is 19.5 Å². The summed E-state index contributed by atoms with van der Waals surface area (Å²) in [6.07, 6.45) is 0.325. The molecule has 3 amide bonds. The molecule has 4 N–H and O–H groups in total. The van der Waals surface area contributed by atoms with Crippen LogP contribution in [0.2, 0.25) is 0 Å². The van der Waals surface area contributed by atoms with Crippen LogP contribution >= 0.6 is 0 Å². The van der Waals surface area contributed by atoms with E-state index in [0.717, 1.165) is 5.56 Å². The van der Waals surface area contributed by atoms with Gasteiger partial charge in [-0.3, -0.25) is 4.79 Å². The number of amides is 3. The summed E-state index contributed by atoms with van der Waals surface area (Å²) in [5, 5.41) is 17.1. The molecule has 0 aliphatic carbocycles. The highest BCUT2D eigenvalue weighted by Gasteiger charge is 2.28. The van der Waals surface area contributed by atoms with Crippen LogP contribution < -0.4 is 16.0 Å². The van der Waals surface area contributed by atoms with Crippen LogP contribution in [-0.4, -0.2) is 35.1 Å². The van der Waals surface area contributed by atoms with Crippen LogP contribution in [0.15, 0.2) is 30.3 Å². The van der Waals surface area contributed by atoms with Crippen molar-refractivity contribution in [1.29, 1.82) is 0 Å². The zero-order valence-corrected chi connectivity index (χ0v) is 15.8. The van der Waals surface area contributed by atoms with Gasteiger partial charge in [0.1, 0.15) is 12.1 Å². The number of carboxylic acids is 1. The summed E-state index contributed by atoms with van der Waals surface area (Å²) < 4.78 is 0. The summed E-state index contributed by atoms with van der Waals surface area (Å²) in [5.41, 5.74) is 0.941. The van der Waals surface area contributed by atoms with Crippen LogP contribution in [0, 0.1) is 11.8 Å². The van der Waals surface area contributed by atoms with E-state index in [1.807, 2.05) is 44.2 Å². The lowest BCUT2D eigenvalue weighted by atomic mass is 10.0. The van der Waals surface area contributed by atoms with Gasteiger partial charge in [-0.25, -0.2) is 9.59 Å². The van der Waals surface area contributed by atoms with Crippen LogP contribution in [0.5, 0.6) is 0 Å². The fraction of sp³-hybridized carbons (Fsp3) is 0.526. The normalized spacial score (nSPS) is 13.2. The molecule has 1 aromatic carbocycles. The Balaban J connectivity index is 2.64. The van der Waals surface area contributed by atoms with Gasteiger partial charge in [-0.1, -0.05) is 58.0 Å². The zero-order chi connectivity index (χ0) is 19.7. The van der Waals surface area contributed by atoms with E-state index >= 15 is 0 Å². The molecule has 0 fully saturated rings. The van der Waals surface area contributed by atoms with Crippen molar-refractivity contribution in [1.82, 2.24) is 16.0 Å². The number of hydrogen-bond acceptors (Lipinski definition) is 3. The lowest BCUT2D eigenvalue weighted by Crippen LogP contribution is -2.55. The molecule has 7 nitrogen and oxygen atoms in total. The van der Waals surface area contributed by atoms with Crippen LogP contribution in [-0.2, 0) is 16.1 Å². The predicted octanol–water partition coefficient (Wildman–Crippen LogP) is 2.13. The molecule has 0 saturated heterocycles. The number of carbonyl (C=O) groups is 3. The quantitative estimate of drug-likeness (QED) is 0.539.